The first kappa shape index (κ1) is 26.9. The van der Waals surface area contributed by atoms with E-state index in [2.05, 4.69) is 146 Å². The summed E-state index contributed by atoms with van der Waals surface area (Å²) >= 11 is 0. The van der Waals surface area contributed by atoms with Gasteiger partial charge in [-0.3, -0.25) is 4.90 Å². The van der Waals surface area contributed by atoms with Crippen molar-refractivity contribution < 1.29 is 0 Å². The topological polar surface area (TPSA) is 15.6 Å². The number of nitrogens with zero attached hydrogens (tertiary/aromatic N) is 2. The Morgan fingerprint density at radius 1 is 0.590 bits per heavy atom. The van der Waals surface area contributed by atoms with Crippen molar-refractivity contribution in [3.05, 3.63) is 106 Å². The molecule has 0 saturated heterocycles. The summed E-state index contributed by atoms with van der Waals surface area (Å²) in [4.78, 5) is 7.75. The molecule has 4 aromatic carbocycles. The van der Waals surface area contributed by atoms with Crippen LogP contribution in [0.3, 0.4) is 0 Å². The van der Waals surface area contributed by atoms with Gasteiger partial charge in [0, 0.05) is 5.56 Å². The molecule has 2 heteroatoms. The van der Waals surface area contributed by atoms with Crippen LogP contribution in [0.1, 0.15) is 112 Å². The number of anilines is 1. The molecule has 0 heterocycles. The molecule has 0 aromatic heterocycles. The van der Waals surface area contributed by atoms with E-state index in [0.29, 0.717) is 23.7 Å². The fourth-order valence-corrected chi connectivity index (χ4v) is 5.93. The molecule has 0 radical (unpaired) electrons. The van der Waals surface area contributed by atoms with E-state index in [1.165, 1.54) is 55.5 Å². The third-order valence-corrected chi connectivity index (χ3v) is 7.99. The fourth-order valence-electron chi connectivity index (χ4n) is 5.93. The molecule has 1 aliphatic carbocycles. The molecule has 39 heavy (non-hydrogen) atoms. The Kier molecular flexibility index (Phi) is 7.49. The van der Waals surface area contributed by atoms with Gasteiger partial charge in [-0.2, -0.15) is 0 Å². The smallest absolute Gasteiger partial charge is 0.100 e. The molecule has 0 spiro atoms. The largest absolute Gasteiger partial charge is 0.300 e. The van der Waals surface area contributed by atoms with Gasteiger partial charge in [-0.1, -0.05) is 128 Å². The second-order valence-corrected chi connectivity index (χ2v) is 12.1. The molecule has 2 nitrogen and oxygen atoms in total. The van der Waals surface area contributed by atoms with Crippen molar-refractivity contribution in [2.45, 2.75) is 79.1 Å². The Hall–Kier alpha value is -3.65. The van der Waals surface area contributed by atoms with E-state index < -0.39 is 0 Å². The average molecular weight is 515 g/mol. The van der Waals surface area contributed by atoms with Crippen molar-refractivity contribution in [2.24, 2.45) is 4.99 Å². The van der Waals surface area contributed by atoms with Crippen molar-refractivity contribution in [2.75, 3.05) is 4.90 Å². The summed E-state index contributed by atoms with van der Waals surface area (Å²) in [5, 5.41) is 2.61. The molecule has 0 fully saturated rings. The molecule has 200 valence electrons. The second-order valence-electron chi connectivity index (χ2n) is 12.1. The van der Waals surface area contributed by atoms with Gasteiger partial charge in [-0.15, -0.1) is 0 Å². The number of hydrogen-bond donors (Lipinski definition) is 0. The summed E-state index contributed by atoms with van der Waals surface area (Å²) in [6, 6.07) is 26.7. The maximum atomic E-state index is 5.36. The quantitative estimate of drug-likeness (QED) is 0.169. The Labute approximate surface area is 235 Å². The van der Waals surface area contributed by atoms with E-state index in [-0.39, 0.29) is 0 Å². The Morgan fingerprint density at radius 3 is 1.62 bits per heavy atom. The highest BCUT2D eigenvalue weighted by atomic mass is 15.2. The average Bonchev–Trinajstić information content (AvgIpc) is 3.28. The normalized spacial score (nSPS) is 13.1. The first-order chi connectivity index (χ1) is 18.7. The highest BCUT2D eigenvalue weighted by Crippen LogP contribution is 2.44. The van der Waals surface area contributed by atoms with Gasteiger partial charge in [0.1, 0.15) is 6.34 Å². The highest BCUT2D eigenvalue weighted by molar-refractivity contribution is 6.16. The zero-order valence-electron chi connectivity index (χ0n) is 24.8. The minimum Gasteiger partial charge on any atom is -0.300 e. The maximum absolute atomic E-state index is 5.36. The van der Waals surface area contributed by atoms with Gasteiger partial charge in [0.25, 0.3) is 0 Å². The lowest BCUT2D eigenvalue weighted by Gasteiger charge is -2.30. The van der Waals surface area contributed by atoms with E-state index >= 15 is 0 Å². The first-order valence-electron chi connectivity index (χ1n) is 14.5. The summed E-state index contributed by atoms with van der Waals surface area (Å²) in [5.74, 6) is 1.54. The number of benzene rings is 4. The van der Waals surface area contributed by atoms with Gasteiger partial charge in [0.15, 0.2) is 0 Å². The van der Waals surface area contributed by atoms with Crippen LogP contribution in [0.25, 0.3) is 22.5 Å². The van der Waals surface area contributed by atoms with Gasteiger partial charge >= 0.3 is 0 Å². The summed E-state index contributed by atoms with van der Waals surface area (Å²) in [6.07, 6.45) is 4.46. The van der Waals surface area contributed by atoms with Crippen LogP contribution in [-0.2, 0) is 0 Å². The van der Waals surface area contributed by atoms with Crippen LogP contribution < -0.4 is 4.90 Å². The Balaban J connectivity index is 1.79. The Bertz CT molecular complexity index is 1510. The zero-order valence-corrected chi connectivity index (χ0v) is 24.8. The summed E-state index contributed by atoms with van der Waals surface area (Å²) in [5.41, 5.74) is 11.4. The summed E-state index contributed by atoms with van der Waals surface area (Å²) in [7, 11) is 0. The van der Waals surface area contributed by atoms with Crippen LogP contribution in [-0.4, -0.2) is 6.34 Å². The van der Waals surface area contributed by atoms with Crippen molar-refractivity contribution in [1.82, 2.24) is 0 Å². The number of rotatable bonds is 8. The van der Waals surface area contributed by atoms with Gasteiger partial charge in [0.05, 0.1) is 17.1 Å². The van der Waals surface area contributed by atoms with Gasteiger partial charge < -0.3 is 0 Å². The maximum Gasteiger partial charge on any atom is 0.100 e. The molecule has 0 atom stereocenters. The van der Waals surface area contributed by atoms with E-state index in [1.807, 2.05) is 0 Å². The van der Waals surface area contributed by atoms with Crippen molar-refractivity contribution in [3.8, 4) is 0 Å². The molecule has 0 N–H and O–H groups in total. The van der Waals surface area contributed by atoms with Crippen LogP contribution in [0.2, 0.25) is 0 Å². The summed E-state index contributed by atoms with van der Waals surface area (Å²) in [6.45, 7) is 18.2. The van der Waals surface area contributed by atoms with Gasteiger partial charge in [-0.25, -0.2) is 4.99 Å². The molecule has 0 bridgehead atoms. The van der Waals surface area contributed by atoms with E-state index in [0.717, 1.165) is 5.69 Å². The monoisotopic (exact) mass is 514 g/mol. The van der Waals surface area contributed by atoms with Crippen LogP contribution >= 0.6 is 0 Å². The van der Waals surface area contributed by atoms with E-state index in [4.69, 9.17) is 4.99 Å². The van der Waals surface area contributed by atoms with Gasteiger partial charge in [-0.05, 0) is 68.3 Å². The predicted octanol–water partition coefficient (Wildman–Crippen LogP) is 11.0. The van der Waals surface area contributed by atoms with Crippen LogP contribution in [0, 0.1) is 0 Å². The zero-order chi connectivity index (χ0) is 27.8. The minimum absolute atomic E-state index is 0.379. The first-order valence-corrected chi connectivity index (χ1v) is 14.5. The van der Waals surface area contributed by atoms with Gasteiger partial charge in [0.2, 0.25) is 0 Å². The summed E-state index contributed by atoms with van der Waals surface area (Å²) < 4.78 is 0. The molecular weight excluding hydrogens is 472 g/mol. The molecule has 4 aromatic rings. The lowest BCUT2D eigenvalue weighted by molar-refractivity contribution is 0.832. The van der Waals surface area contributed by atoms with Crippen LogP contribution in [0.4, 0.5) is 11.4 Å². The lowest BCUT2D eigenvalue weighted by Crippen LogP contribution is -2.22. The lowest BCUT2D eigenvalue weighted by atomic mass is 9.91. The standard InChI is InChI=1S/C37H42N2/c1-23(2)29-16-11-17-30(24(3)4)36(29)38-22-39(37-31(25(5)6)18-12-19-32(37)26(7)8)34-21-28-15-9-13-27-14-10-20-33(34)35(27)28/h9-26H,1-8H3. The van der Waals surface area contributed by atoms with Crippen molar-refractivity contribution >= 4 is 40.3 Å². The molecule has 0 amide bonds. The molecule has 1 aliphatic rings. The van der Waals surface area contributed by atoms with Crippen molar-refractivity contribution in [3.63, 3.8) is 0 Å². The van der Waals surface area contributed by atoms with Crippen LogP contribution in [0.5, 0.6) is 0 Å². The SMILES string of the molecule is CC(C)c1cccc(C(C)C)c1N=CN(C1=Cc2cccc3cccc1c23)c1c(C(C)C)cccc1C(C)C. The molecule has 0 saturated carbocycles. The highest BCUT2D eigenvalue weighted by Gasteiger charge is 2.26. The number of para-hydroxylation sites is 2. The minimum atomic E-state index is 0.379. The fraction of sp³-hybridized carbons (Fsp3) is 0.324. The predicted molar refractivity (Wildman–Crippen MR) is 172 cm³/mol. The van der Waals surface area contributed by atoms with E-state index in [1.54, 1.807) is 0 Å². The molecule has 0 unspecified atom stereocenters. The Morgan fingerprint density at radius 2 is 1.08 bits per heavy atom. The molecule has 5 rings (SSSR count). The number of aliphatic imine (C=N–C) groups is 1. The van der Waals surface area contributed by atoms with Crippen molar-refractivity contribution in [1.29, 1.82) is 0 Å². The molecule has 0 aliphatic heterocycles. The third kappa shape index (κ3) is 4.93. The second kappa shape index (κ2) is 10.8. The molecular formula is C37H42N2. The number of hydrogen-bond acceptors (Lipinski definition) is 1. The third-order valence-electron chi connectivity index (χ3n) is 7.99. The van der Waals surface area contributed by atoms with Crippen LogP contribution in [0.15, 0.2) is 77.8 Å². The van der Waals surface area contributed by atoms with E-state index in [9.17, 15) is 0 Å².